The highest BCUT2D eigenvalue weighted by molar-refractivity contribution is 5.88. The Bertz CT molecular complexity index is 5620. The molecule has 0 N–H and O–H groups in total. The van der Waals surface area contributed by atoms with Crippen molar-refractivity contribution in [2.45, 2.75) is 20.8 Å². The number of anilines is 12. The second-order valence-electron chi connectivity index (χ2n) is 29.6. The summed E-state index contributed by atoms with van der Waals surface area (Å²) < 4.78 is 0. The van der Waals surface area contributed by atoms with E-state index in [1.54, 1.807) is 0 Å². The summed E-state index contributed by atoms with van der Waals surface area (Å²) >= 11 is 0. The minimum atomic E-state index is 1.04. The highest BCUT2D eigenvalue weighted by Gasteiger charge is 2.21. The van der Waals surface area contributed by atoms with Gasteiger partial charge in [0.25, 0.3) is 0 Å². The van der Waals surface area contributed by atoms with Crippen LogP contribution in [0.5, 0.6) is 0 Å². The van der Waals surface area contributed by atoms with Crippen molar-refractivity contribution in [3.63, 3.8) is 0 Å². The van der Waals surface area contributed by atoms with Crippen LogP contribution in [0.15, 0.2) is 455 Å². The van der Waals surface area contributed by atoms with Crippen molar-refractivity contribution < 1.29 is 0 Å². The molecular formula is C111H84N4. The van der Waals surface area contributed by atoms with Crippen LogP contribution in [-0.4, -0.2) is 0 Å². The van der Waals surface area contributed by atoms with E-state index in [1.807, 2.05) is 0 Å². The number of nitrogens with zero attached hydrogens (tertiary/aromatic N) is 4. The fourth-order valence-corrected chi connectivity index (χ4v) is 15.6. The lowest BCUT2D eigenvalue weighted by molar-refractivity contribution is 1.28. The number of aryl methyl sites for hydroxylation is 3. The summed E-state index contributed by atoms with van der Waals surface area (Å²) in [5, 5.41) is 0. The smallest absolute Gasteiger partial charge is 0.0462 e. The topological polar surface area (TPSA) is 13.0 Å². The van der Waals surface area contributed by atoms with E-state index in [-0.39, 0.29) is 0 Å². The normalized spacial score (nSPS) is 11.1. The van der Waals surface area contributed by atoms with Gasteiger partial charge in [0, 0.05) is 68.2 Å². The van der Waals surface area contributed by atoms with E-state index in [2.05, 4.69) is 495 Å². The van der Waals surface area contributed by atoms with E-state index in [9.17, 15) is 0 Å². The zero-order valence-corrected chi connectivity index (χ0v) is 64.6. The molecular weight excluding hydrogens is 1390 g/mol. The molecule has 0 aliphatic heterocycles. The van der Waals surface area contributed by atoms with Gasteiger partial charge in [0.2, 0.25) is 0 Å². The van der Waals surface area contributed by atoms with Crippen molar-refractivity contribution in [1.29, 1.82) is 0 Å². The first kappa shape index (κ1) is 71.7. The molecule has 0 fully saturated rings. The van der Waals surface area contributed by atoms with Crippen LogP contribution in [-0.2, 0) is 0 Å². The monoisotopic (exact) mass is 1470 g/mol. The molecule has 4 heteroatoms. The molecule has 4 nitrogen and oxygen atoms in total. The minimum absolute atomic E-state index is 1.04. The first-order valence-corrected chi connectivity index (χ1v) is 39.5. The van der Waals surface area contributed by atoms with Crippen molar-refractivity contribution in [3.05, 3.63) is 472 Å². The molecule has 0 amide bonds. The van der Waals surface area contributed by atoms with Crippen molar-refractivity contribution in [1.82, 2.24) is 0 Å². The number of hydrogen-bond acceptors (Lipinski definition) is 4. The van der Waals surface area contributed by atoms with Crippen LogP contribution in [0.4, 0.5) is 68.2 Å². The Labute approximate surface area is 676 Å². The maximum absolute atomic E-state index is 2.37. The number of hydrogen-bond donors (Lipinski definition) is 0. The van der Waals surface area contributed by atoms with Gasteiger partial charge in [0.1, 0.15) is 0 Å². The van der Waals surface area contributed by atoms with Crippen LogP contribution in [0.25, 0.3) is 100 Å². The average molecular weight is 1470 g/mol. The Hall–Kier alpha value is -14.8. The molecule has 18 rings (SSSR count). The third kappa shape index (κ3) is 15.8. The van der Waals surface area contributed by atoms with E-state index in [4.69, 9.17) is 0 Å². The predicted molar refractivity (Wildman–Crippen MR) is 488 cm³/mol. The van der Waals surface area contributed by atoms with Crippen molar-refractivity contribution in [2.75, 3.05) is 19.6 Å². The van der Waals surface area contributed by atoms with E-state index in [0.29, 0.717) is 0 Å². The molecule has 0 aliphatic carbocycles. The van der Waals surface area contributed by atoms with Crippen LogP contribution < -0.4 is 19.6 Å². The third-order valence-electron chi connectivity index (χ3n) is 22.0. The number of rotatable bonds is 21. The van der Waals surface area contributed by atoms with Gasteiger partial charge in [-0.2, -0.15) is 0 Å². The summed E-state index contributed by atoms with van der Waals surface area (Å²) in [6.45, 7) is 6.40. The van der Waals surface area contributed by atoms with Gasteiger partial charge < -0.3 is 19.6 Å². The van der Waals surface area contributed by atoms with Gasteiger partial charge in [-0.3, -0.25) is 0 Å². The molecule has 18 aromatic rings. The molecule has 0 heterocycles. The predicted octanol–water partition coefficient (Wildman–Crippen LogP) is 31.5. The molecule has 0 unspecified atom stereocenters. The molecule has 0 atom stereocenters. The van der Waals surface area contributed by atoms with Gasteiger partial charge in [-0.25, -0.2) is 0 Å². The number of benzene rings is 18. The fourth-order valence-electron chi connectivity index (χ4n) is 15.6. The molecule has 0 bridgehead atoms. The third-order valence-corrected chi connectivity index (χ3v) is 22.0. The summed E-state index contributed by atoms with van der Waals surface area (Å²) in [7, 11) is 0. The molecule has 115 heavy (non-hydrogen) atoms. The summed E-state index contributed by atoms with van der Waals surface area (Å²) in [5.41, 5.74) is 37.6. The highest BCUT2D eigenvalue weighted by atomic mass is 15.2. The zero-order chi connectivity index (χ0) is 77.4. The Morgan fingerprint density at radius 1 is 0.0957 bits per heavy atom. The Balaban J connectivity index is 0.660. The second-order valence-corrected chi connectivity index (χ2v) is 29.6. The average Bonchev–Trinajstić information content (AvgIpc) is 0.793. The molecule has 0 aromatic heterocycles. The van der Waals surface area contributed by atoms with Gasteiger partial charge in [-0.15, -0.1) is 0 Å². The molecule has 0 saturated heterocycles. The van der Waals surface area contributed by atoms with Gasteiger partial charge >= 0.3 is 0 Å². The Morgan fingerprint density at radius 2 is 0.183 bits per heavy atom. The highest BCUT2D eigenvalue weighted by Crippen LogP contribution is 2.45. The zero-order valence-electron chi connectivity index (χ0n) is 64.6. The van der Waals surface area contributed by atoms with Crippen LogP contribution in [0, 0.1) is 20.8 Å². The summed E-state index contributed by atoms with van der Waals surface area (Å²) in [5.74, 6) is 0. The van der Waals surface area contributed by atoms with Gasteiger partial charge in [0.05, 0.1) is 0 Å². The molecule has 0 saturated carbocycles. The van der Waals surface area contributed by atoms with Crippen LogP contribution in [0.2, 0.25) is 0 Å². The standard InChI is InChI=1S/C111H84N4/c1-79-19-25-85(26-20-79)91-37-61-103(62-38-91)112(100-55-31-88(32-56-100)82-13-7-4-8-14-82)106-67-43-94(44-68-106)97-49-73-109(74-50-97)115(110-75-51-98(52-76-110)95-45-69-107(70-46-95)113(101-57-33-89(34-58-101)83-15-9-5-10-16-83)104-63-39-92(40-64-104)86-27-21-80(2)22-28-86)111-77-53-99(54-78-111)96-47-71-108(72-48-96)114(102-59-35-90(36-60-102)84-17-11-6-12-18-84)105-65-41-93(42-66-105)87-29-23-81(3)24-30-87/h4-78H,1-3H3. The van der Waals surface area contributed by atoms with Crippen LogP contribution in [0.1, 0.15) is 16.7 Å². The Morgan fingerprint density at radius 3 is 0.287 bits per heavy atom. The lowest BCUT2D eigenvalue weighted by atomic mass is 10.0. The van der Waals surface area contributed by atoms with Gasteiger partial charge in [-0.05, 0) is 267 Å². The van der Waals surface area contributed by atoms with E-state index in [1.165, 1.54) is 83.5 Å². The summed E-state index contributed by atoms with van der Waals surface area (Å²) in [6.07, 6.45) is 0. The molecule has 0 aliphatic rings. The van der Waals surface area contributed by atoms with E-state index < -0.39 is 0 Å². The van der Waals surface area contributed by atoms with E-state index >= 15 is 0 Å². The fraction of sp³-hybridized carbons (Fsp3) is 0.0270. The van der Waals surface area contributed by atoms with Crippen molar-refractivity contribution in [3.8, 4) is 100 Å². The first-order valence-electron chi connectivity index (χ1n) is 39.5. The molecule has 0 spiro atoms. The molecule has 18 aromatic carbocycles. The summed E-state index contributed by atoms with van der Waals surface area (Å²) in [4.78, 5) is 9.42. The van der Waals surface area contributed by atoms with Gasteiger partial charge in [0.15, 0.2) is 0 Å². The first-order chi connectivity index (χ1) is 56.7. The van der Waals surface area contributed by atoms with Crippen LogP contribution in [0.3, 0.4) is 0 Å². The Kier molecular flexibility index (Phi) is 20.3. The SMILES string of the molecule is Cc1ccc(-c2ccc(N(c3ccc(-c4ccccc4)cc3)c3ccc(-c4ccc(N(c5ccc(-c6ccc(N(c7ccc(-c8ccccc8)cc7)c7ccc(-c8ccc(C)cc8)cc7)cc6)cc5)c5ccc(-c6ccc(N(c7ccc(-c8ccccc8)cc7)c7ccc(-c8ccc(C)cc8)cc7)cc6)cc5)cc4)cc3)cc2)cc1. The van der Waals surface area contributed by atoms with Crippen molar-refractivity contribution >= 4 is 68.2 Å². The molecule has 548 valence electrons. The van der Waals surface area contributed by atoms with Crippen LogP contribution >= 0.6 is 0 Å². The lowest BCUT2D eigenvalue weighted by Crippen LogP contribution is -2.10. The quantitative estimate of drug-likeness (QED) is 0.0711. The molecule has 0 radical (unpaired) electrons. The minimum Gasteiger partial charge on any atom is -0.311 e. The van der Waals surface area contributed by atoms with E-state index in [0.717, 1.165) is 102 Å². The summed E-state index contributed by atoms with van der Waals surface area (Å²) in [6, 6.07) is 166. The maximum atomic E-state index is 2.37. The second kappa shape index (κ2) is 32.6. The maximum Gasteiger partial charge on any atom is 0.0462 e. The van der Waals surface area contributed by atoms with Gasteiger partial charge in [-0.1, -0.05) is 326 Å². The largest absolute Gasteiger partial charge is 0.311 e. The lowest BCUT2D eigenvalue weighted by Gasteiger charge is -2.27. The van der Waals surface area contributed by atoms with Crippen molar-refractivity contribution in [2.24, 2.45) is 0 Å².